The van der Waals surface area contributed by atoms with Crippen LogP contribution in [0.5, 0.6) is 5.75 Å². The molecule has 3 rings (SSSR count). The number of rotatable bonds is 7. The summed E-state index contributed by atoms with van der Waals surface area (Å²) in [5, 5.41) is 10.5. The van der Waals surface area contributed by atoms with Crippen molar-refractivity contribution >= 4 is 5.69 Å². The second kappa shape index (κ2) is 9.47. The average molecular weight is 391 g/mol. The van der Waals surface area contributed by atoms with Gasteiger partial charge in [-0.25, -0.2) is 0 Å². The molecule has 0 unspecified atom stereocenters. The fraction of sp³-hybridized carbons (Fsp3) is 0.739. The van der Waals surface area contributed by atoms with Crippen molar-refractivity contribution in [1.29, 1.82) is 0 Å². The van der Waals surface area contributed by atoms with Crippen molar-refractivity contribution in [1.82, 2.24) is 4.90 Å². The van der Waals surface area contributed by atoms with Crippen LogP contribution in [0.15, 0.2) is 24.3 Å². The predicted molar refractivity (Wildman–Crippen MR) is 114 cm³/mol. The smallest absolute Gasteiger partial charge is 0.119 e. The van der Waals surface area contributed by atoms with E-state index in [0.717, 1.165) is 44.8 Å². The second-order valence-corrected chi connectivity index (χ2v) is 9.51. The van der Waals surface area contributed by atoms with Gasteiger partial charge in [0.05, 0.1) is 25.9 Å². The first-order valence-electron chi connectivity index (χ1n) is 10.8. The van der Waals surface area contributed by atoms with Crippen molar-refractivity contribution < 1.29 is 14.6 Å². The van der Waals surface area contributed by atoms with Gasteiger partial charge in [-0.3, -0.25) is 4.90 Å². The first-order valence-corrected chi connectivity index (χ1v) is 10.8. The molecule has 5 heteroatoms. The van der Waals surface area contributed by atoms with Crippen molar-refractivity contribution in [2.24, 2.45) is 11.3 Å². The highest BCUT2D eigenvalue weighted by molar-refractivity contribution is 5.49. The minimum Gasteiger partial charge on any atom is -0.497 e. The van der Waals surface area contributed by atoms with Crippen LogP contribution < -0.4 is 9.64 Å². The van der Waals surface area contributed by atoms with Gasteiger partial charge in [0, 0.05) is 38.4 Å². The Bertz CT molecular complexity index is 596. The van der Waals surface area contributed by atoms with Gasteiger partial charge in [0.15, 0.2) is 0 Å². The lowest BCUT2D eigenvalue weighted by Gasteiger charge is -2.39. The predicted octanol–water partition coefficient (Wildman–Crippen LogP) is 3.41. The third-order valence-corrected chi connectivity index (χ3v) is 6.15. The number of hydrogen-bond donors (Lipinski definition) is 1. The fourth-order valence-electron chi connectivity index (χ4n) is 4.96. The van der Waals surface area contributed by atoms with Crippen LogP contribution >= 0.6 is 0 Å². The minimum absolute atomic E-state index is 0.292. The number of hydrogen-bond acceptors (Lipinski definition) is 5. The molecule has 1 saturated carbocycles. The lowest BCUT2D eigenvalue weighted by Crippen LogP contribution is -2.49. The molecule has 158 valence electrons. The third-order valence-electron chi connectivity index (χ3n) is 6.15. The Kier molecular flexibility index (Phi) is 7.24. The number of methoxy groups -OCH3 is 1. The number of β-amino-alcohol motifs (C(OH)–C–C–N with tert-alkyl or cyclic N) is 1. The molecule has 0 radical (unpaired) electrons. The zero-order valence-corrected chi connectivity index (χ0v) is 18.1. The number of benzene rings is 1. The Hall–Kier alpha value is -1.30. The summed E-state index contributed by atoms with van der Waals surface area (Å²) < 4.78 is 11.3. The van der Waals surface area contributed by atoms with Gasteiger partial charge < -0.3 is 19.5 Å². The molecular formula is C23H38N2O3. The van der Waals surface area contributed by atoms with E-state index >= 15 is 0 Å². The molecule has 3 atom stereocenters. The van der Waals surface area contributed by atoms with Crippen LogP contribution in [-0.2, 0) is 4.74 Å². The summed E-state index contributed by atoms with van der Waals surface area (Å²) in [6, 6.07) is 8.25. The molecule has 1 saturated heterocycles. The molecule has 1 aromatic rings. The first kappa shape index (κ1) is 21.4. The third kappa shape index (κ3) is 6.10. The number of ether oxygens (including phenoxy) is 2. The van der Waals surface area contributed by atoms with E-state index in [2.05, 4.69) is 42.7 Å². The largest absolute Gasteiger partial charge is 0.497 e. The normalized spacial score (nSPS) is 26.8. The van der Waals surface area contributed by atoms with Crippen molar-refractivity contribution in [2.75, 3.05) is 51.3 Å². The van der Waals surface area contributed by atoms with Gasteiger partial charge in [-0.05, 0) is 54.9 Å². The van der Waals surface area contributed by atoms with Crippen LogP contribution in [0.1, 0.15) is 40.0 Å². The van der Waals surface area contributed by atoms with Crippen molar-refractivity contribution in [3.63, 3.8) is 0 Å². The topological polar surface area (TPSA) is 45.2 Å². The molecule has 1 aliphatic heterocycles. The highest BCUT2D eigenvalue weighted by atomic mass is 16.5. The summed E-state index contributed by atoms with van der Waals surface area (Å²) in [4.78, 5) is 4.74. The van der Waals surface area contributed by atoms with E-state index in [1.54, 1.807) is 7.11 Å². The summed E-state index contributed by atoms with van der Waals surface area (Å²) in [6.45, 7) is 12.0. The van der Waals surface area contributed by atoms with Crippen LogP contribution in [0, 0.1) is 11.3 Å². The number of piperazine rings is 1. The van der Waals surface area contributed by atoms with Gasteiger partial charge in [0.1, 0.15) is 5.75 Å². The maximum Gasteiger partial charge on any atom is 0.119 e. The lowest BCUT2D eigenvalue weighted by atomic mass is 9.71. The standard InChI is InChI=1S/C23H38N2O3/c1-18-13-22(15-23(2,3)14-18)28-17-20(26)16-24-9-11-25(12-10-24)19-5-7-21(27-4)8-6-19/h5-8,18,20,22,26H,9-17H2,1-4H3/t18-,20-,22+/m0/s1. The number of aliphatic hydroxyl groups excluding tert-OH is 1. The van der Waals surface area contributed by atoms with E-state index < -0.39 is 6.10 Å². The van der Waals surface area contributed by atoms with Crippen molar-refractivity contribution in [3.05, 3.63) is 24.3 Å². The van der Waals surface area contributed by atoms with Gasteiger partial charge >= 0.3 is 0 Å². The van der Waals surface area contributed by atoms with E-state index in [0.29, 0.717) is 30.6 Å². The lowest BCUT2D eigenvalue weighted by molar-refractivity contribution is -0.0615. The Morgan fingerprint density at radius 3 is 2.39 bits per heavy atom. The molecule has 1 aromatic carbocycles. The zero-order valence-electron chi connectivity index (χ0n) is 18.1. The Balaban J connectivity index is 1.38. The molecular weight excluding hydrogens is 352 g/mol. The second-order valence-electron chi connectivity index (χ2n) is 9.51. The molecule has 0 amide bonds. The molecule has 2 fully saturated rings. The molecule has 2 aliphatic rings. The highest BCUT2D eigenvalue weighted by Gasteiger charge is 2.32. The van der Waals surface area contributed by atoms with Gasteiger partial charge in [0.25, 0.3) is 0 Å². The van der Waals surface area contributed by atoms with Crippen LogP contribution in [0.25, 0.3) is 0 Å². The Morgan fingerprint density at radius 2 is 1.79 bits per heavy atom. The van der Waals surface area contributed by atoms with Crippen molar-refractivity contribution in [3.8, 4) is 5.75 Å². The Labute approximate surface area is 170 Å². The van der Waals surface area contributed by atoms with Crippen molar-refractivity contribution in [2.45, 2.75) is 52.2 Å². The number of anilines is 1. The van der Waals surface area contributed by atoms with Crippen LogP contribution in [-0.4, -0.2) is 68.7 Å². The van der Waals surface area contributed by atoms with Crippen LogP contribution in [0.2, 0.25) is 0 Å². The number of nitrogens with zero attached hydrogens (tertiary/aromatic N) is 2. The maximum absolute atomic E-state index is 10.5. The quantitative estimate of drug-likeness (QED) is 0.773. The van der Waals surface area contributed by atoms with Gasteiger partial charge in [0.2, 0.25) is 0 Å². The van der Waals surface area contributed by atoms with Crippen LogP contribution in [0.3, 0.4) is 0 Å². The van der Waals surface area contributed by atoms with Gasteiger partial charge in [-0.15, -0.1) is 0 Å². The Morgan fingerprint density at radius 1 is 1.11 bits per heavy atom. The minimum atomic E-state index is -0.409. The summed E-state index contributed by atoms with van der Waals surface area (Å²) in [6.07, 6.45) is 3.38. The van der Waals surface area contributed by atoms with Crippen LogP contribution in [0.4, 0.5) is 5.69 Å². The van der Waals surface area contributed by atoms with Gasteiger partial charge in [-0.2, -0.15) is 0 Å². The maximum atomic E-state index is 10.5. The average Bonchev–Trinajstić information content (AvgIpc) is 2.66. The van der Waals surface area contributed by atoms with E-state index in [9.17, 15) is 5.11 Å². The first-order chi connectivity index (χ1) is 13.3. The summed E-state index contributed by atoms with van der Waals surface area (Å²) in [5.41, 5.74) is 1.59. The molecule has 1 N–H and O–H groups in total. The fourth-order valence-corrected chi connectivity index (χ4v) is 4.96. The van der Waals surface area contributed by atoms with E-state index in [1.807, 2.05) is 12.1 Å². The highest BCUT2D eigenvalue weighted by Crippen LogP contribution is 2.39. The summed E-state index contributed by atoms with van der Waals surface area (Å²) in [7, 11) is 1.69. The van der Waals surface area contributed by atoms with E-state index in [4.69, 9.17) is 9.47 Å². The monoisotopic (exact) mass is 390 g/mol. The van der Waals surface area contributed by atoms with Gasteiger partial charge in [-0.1, -0.05) is 20.8 Å². The molecule has 0 spiro atoms. The molecule has 0 aromatic heterocycles. The SMILES string of the molecule is COc1ccc(N2CCN(C[C@H](O)CO[C@@H]3C[C@H](C)CC(C)(C)C3)CC2)cc1. The molecule has 5 nitrogen and oxygen atoms in total. The molecule has 0 bridgehead atoms. The van der Waals surface area contributed by atoms with E-state index in [-0.39, 0.29) is 0 Å². The molecule has 1 heterocycles. The summed E-state index contributed by atoms with van der Waals surface area (Å²) >= 11 is 0. The molecule has 1 aliphatic carbocycles. The summed E-state index contributed by atoms with van der Waals surface area (Å²) in [5.74, 6) is 1.60. The zero-order chi connectivity index (χ0) is 20.1. The van der Waals surface area contributed by atoms with E-state index in [1.165, 1.54) is 12.1 Å². The number of aliphatic hydroxyl groups is 1. The molecule has 28 heavy (non-hydrogen) atoms.